The van der Waals surface area contributed by atoms with Crippen LogP contribution in [-0.2, 0) is 16.1 Å². The fourth-order valence-electron chi connectivity index (χ4n) is 2.76. The zero-order chi connectivity index (χ0) is 16.9. The van der Waals surface area contributed by atoms with Crippen LogP contribution in [0, 0.1) is 17.2 Å². The summed E-state index contributed by atoms with van der Waals surface area (Å²) in [7, 11) is 0. The average molecular weight is 320 g/mol. The Balaban J connectivity index is 1.66. The molecule has 1 aromatic heterocycles. The Labute approximate surface area is 139 Å². The summed E-state index contributed by atoms with van der Waals surface area (Å²) in [5.74, 6) is -0.718. The van der Waals surface area contributed by atoms with E-state index in [2.05, 4.69) is 16.4 Å². The SMILES string of the molecule is N#Cc1ccccc1N1CC(C(=O)NCc2cccnc2)CC1=O. The van der Waals surface area contributed by atoms with Crippen LogP contribution in [0.5, 0.6) is 0 Å². The van der Waals surface area contributed by atoms with Gasteiger partial charge in [0.15, 0.2) is 0 Å². The quantitative estimate of drug-likeness (QED) is 0.927. The zero-order valence-corrected chi connectivity index (χ0v) is 13.0. The van der Waals surface area contributed by atoms with Crippen molar-refractivity contribution in [1.82, 2.24) is 10.3 Å². The molecule has 1 saturated heterocycles. The molecule has 6 heteroatoms. The second kappa shape index (κ2) is 6.92. The number of rotatable bonds is 4. The topological polar surface area (TPSA) is 86.1 Å². The van der Waals surface area contributed by atoms with Crippen molar-refractivity contribution >= 4 is 17.5 Å². The Morgan fingerprint density at radius 1 is 1.33 bits per heavy atom. The van der Waals surface area contributed by atoms with E-state index in [1.165, 1.54) is 4.90 Å². The lowest BCUT2D eigenvalue weighted by Crippen LogP contribution is -2.32. The smallest absolute Gasteiger partial charge is 0.227 e. The predicted molar refractivity (Wildman–Crippen MR) is 87.7 cm³/mol. The number of aromatic nitrogens is 1. The monoisotopic (exact) mass is 320 g/mol. The number of anilines is 1. The molecule has 1 aliphatic heterocycles. The third-order valence-corrected chi connectivity index (χ3v) is 4.00. The minimum atomic E-state index is -0.416. The van der Waals surface area contributed by atoms with E-state index in [9.17, 15) is 14.9 Å². The largest absolute Gasteiger partial charge is 0.352 e. The van der Waals surface area contributed by atoms with Gasteiger partial charge in [-0.3, -0.25) is 14.6 Å². The molecule has 1 fully saturated rings. The van der Waals surface area contributed by atoms with E-state index in [0.29, 0.717) is 17.8 Å². The van der Waals surface area contributed by atoms with Gasteiger partial charge in [-0.05, 0) is 23.8 Å². The zero-order valence-electron chi connectivity index (χ0n) is 13.0. The van der Waals surface area contributed by atoms with Gasteiger partial charge in [0.25, 0.3) is 0 Å². The van der Waals surface area contributed by atoms with Crippen molar-refractivity contribution in [2.75, 3.05) is 11.4 Å². The minimum Gasteiger partial charge on any atom is -0.352 e. The van der Waals surface area contributed by atoms with Crippen molar-refractivity contribution in [2.45, 2.75) is 13.0 Å². The standard InChI is InChI=1S/C18H16N4O2/c19-9-14-5-1-2-6-16(14)22-12-15(8-17(22)23)18(24)21-11-13-4-3-7-20-10-13/h1-7,10,15H,8,11-12H2,(H,21,24). The van der Waals surface area contributed by atoms with E-state index >= 15 is 0 Å². The fraction of sp³-hybridized carbons (Fsp3) is 0.222. The number of pyridine rings is 1. The number of nitrogens with zero attached hydrogens (tertiary/aromatic N) is 3. The first-order valence-corrected chi connectivity index (χ1v) is 7.65. The maximum absolute atomic E-state index is 12.3. The molecule has 0 spiro atoms. The lowest BCUT2D eigenvalue weighted by Gasteiger charge is -2.17. The van der Waals surface area contributed by atoms with Gasteiger partial charge in [-0.25, -0.2) is 0 Å². The molecule has 1 N–H and O–H groups in total. The van der Waals surface area contributed by atoms with Crippen molar-refractivity contribution < 1.29 is 9.59 Å². The van der Waals surface area contributed by atoms with E-state index in [0.717, 1.165) is 5.56 Å². The number of nitrogens with one attached hydrogen (secondary N) is 1. The van der Waals surface area contributed by atoms with Crippen LogP contribution in [0.4, 0.5) is 5.69 Å². The Morgan fingerprint density at radius 3 is 2.92 bits per heavy atom. The molecule has 2 amide bonds. The molecule has 24 heavy (non-hydrogen) atoms. The van der Waals surface area contributed by atoms with Gasteiger partial charge in [0, 0.05) is 31.9 Å². The van der Waals surface area contributed by atoms with Crippen molar-refractivity contribution in [3.05, 3.63) is 59.9 Å². The average Bonchev–Trinajstić information content (AvgIpc) is 3.02. The molecule has 1 unspecified atom stereocenters. The molecule has 6 nitrogen and oxygen atoms in total. The molecule has 0 aliphatic carbocycles. The van der Waals surface area contributed by atoms with E-state index < -0.39 is 5.92 Å². The van der Waals surface area contributed by atoms with Crippen LogP contribution in [-0.4, -0.2) is 23.3 Å². The summed E-state index contributed by atoms with van der Waals surface area (Å²) < 4.78 is 0. The Morgan fingerprint density at radius 2 is 2.17 bits per heavy atom. The molecule has 2 heterocycles. The van der Waals surface area contributed by atoms with Crippen molar-refractivity contribution in [2.24, 2.45) is 5.92 Å². The second-order valence-corrected chi connectivity index (χ2v) is 5.61. The first-order chi connectivity index (χ1) is 11.7. The number of hydrogen-bond acceptors (Lipinski definition) is 4. The maximum Gasteiger partial charge on any atom is 0.227 e. The Bertz CT molecular complexity index is 798. The summed E-state index contributed by atoms with van der Waals surface area (Å²) >= 11 is 0. The van der Waals surface area contributed by atoms with Gasteiger partial charge in [-0.1, -0.05) is 18.2 Å². The third-order valence-electron chi connectivity index (χ3n) is 4.00. The van der Waals surface area contributed by atoms with Gasteiger partial charge in [-0.2, -0.15) is 5.26 Å². The van der Waals surface area contributed by atoms with Gasteiger partial charge in [0.1, 0.15) is 6.07 Å². The van der Waals surface area contributed by atoms with Gasteiger partial charge in [0.05, 0.1) is 17.2 Å². The van der Waals surface area contributed by atoms with Gasteiger partial charge >= 0.3 is 0 Å². The molecule has 3 rings (SSSR count). The molecule has 120 valence electrons. The third kappa shape index (κ3) is 3.25. The Kier molecular flexibility index (Phi) is 4.52. The van der Waals surface area contributed by atoms with E-state index in [-0.39, 0.29) is 24.8 Å². The number of para-hydroxylation sites is 1. The number of benzene rings is 1. The van der Waals surface area contributed by atoms with E-state index in [4.69, 9.17) is 0 Å². The number of carbonyl (C=O) groups is 2. The molecule has 0 bridgehead atoms. The summed E-state index contributed by atoms with van der Waals surface area (Å²) in [4.78, 5) is 30.1. The second-order valence-electron chi connectivity index (χ2n) is 5.61. The van der Waals surface area contributed by atoms with Crippen molar-refractivity contribution in [3.63, 3.8) is 0 Å². The molecule has 0 saturated carbocycles. The van der Waals surface area contributed by atoms with Gasteiger partial charge < -0.3 is 10.2 Å². The fourth-order valence-corrected chi connectivity index (χ4v) is 2.76. The highest BCUT2D eigenvalue weighted by Crippen LogP contribution is 2.27. The molecule has 1 atom stereocenters. The highest BCUT2D eigenvalue weighted by atomic mass is 16.2. The number of hydrogen-bond donors (Lipinski definition) is 1. The molecule has 1 aromatic carbocycles. The first-order valence-electron chi connectivity index (χ1n) is 7.65. The summed E-state index contributed by atoms with van der Waals surface area (Å²) in [6.45, 7) is 0.669. The van der Waals surface area contributed by atoms with E-state index in [1.54, 1.807) is 42.7 Å². The van der Waals surface area contributed by atoms with Crippen LogP contribution in [0.1, 0.15) is 17.5 Å². The van der Waals surface area contributed by atoms with Crippen LogP contribution in [0.15, 0.2) is 48.8 Å². The highest BCUT2D eigenvalue weighted by molar-refractivity contribution is 6.01. The minimum absolute atomic E-state index is 0.140. The maximum atomic E-state index is 12.3. The lowest BCUT2D eigenvalue weighted by atomic mass is 10.1. The molecule has 0 radical (unpaired) electrons. The normalized spacial score (nSPS) is 16.7. The van der Waals surface area contributed by atoms with E-state index in [1.807, 2.05) is 6.07 Å². The van der Waals surface area contributed by atoms with Gasteiger partial charge in [-0.15, -0.1) is 0 Å². The summed E-state index contributed by atoms with van der Waals surface area (Å²) in [6, 6.07) is 12.7. The van der Waals surface area contributed by atoms with Crippen LogP contribution in [0.3, 0.4) is 0 Å². The number of carbonyl (C=O) groups excluding carboxylic acids is 2. The van der Waals surface area contributed by atoms with Crippen LogP contribution in [0.25, 0.3) is 0 Å². The summed E-state index contributed by atoms with van der Waals surface area (Å²) in [5, 5.41) is 12.0. The molecular weight excluding hydrogens is 304 g/mol. The number of nitriles is 1. The highest BCUT2D eigenvalue weighted by Gasteiger charge is 2.35. The van der Waals surface area contributed by atoms with Crippen molar-refractivity contribution in [1.29, 1.82) is 5.26 Å². The lowest BCUT2D eigenvalue weighted by molar-refractivity contribution is -0.126. The summed E-state index contributed by atoms with van der Waals surface area (Å²) in [6.07, 6.45) is 3.51. The number of amides is 2. The van der Waals surface area contributed by atoms with Crippen LogP contribution < -0.4 is 10.2 Å². The molecule has 2 aromatic rings. The molecular formula is C18H16N4O2. The van der Waals surface area contributed by atoms with Gasteiger partial charge in [0.2, 0.25) is 11.8 Å². The van der Waals surface area contributed by atoms with Crippen molar-refractivity contribution in [3.8, 4) is 6.07 Å². The Hall–Kier alpha value is -3.20. The first kappa shape index (κ1) is 15.7. The predicted octanol–water partition coefficient (Wildman–Crippen LogP) is 1.62. The molecule has 1 aliphatic rings. The van der Waals surface area contributed by atoms with Crippen LogP contribution >= 0.6 is 0 Å². The van der Waals surface area contributed by atoms with Crippen LogP contribution in [0.2, 0.25) is 0 Å². The summed E-state index contributed by atoms with van der Waals surface area (Å²) in [5.41, 5.74) is 1.90.